The highest BCUT2D eigenvalue weighted by Crippen LogP contribution is 2.39. The van der Waals surface area contributed by atoms with Crippen LogP contribution in [0, 0.1) is 0 Å². The molecule has 7 nitrogen and oxygen atoms in total. The summed E-state index contributed by atoms with van der Waals surface area (Å²) in [5.74, 6) is -1.08. The van der Waals surface area contributed by atoms with Crippen LogP contribution in [-0.2, 0) is 9.09 Å². The number of benzene rings is 1. The van der Waals surface area contributed by atoms with Crippen molar-refractivity contribution >= 4 is 13.8 Å². The molecule has 0 aromatic heterocycles. The molecule has 1 N–H and O–H groups in total. The number of nitrogens with zero attached hydrogens (tertiary/aromatic N) is 1. The van der Waals surface area contributed by atoms with E-state index in [0.717, 1.165) is 0 Å². The van der Waals surface area contributed by atoms with Crippen molar-refractivity contribution in [1.82, 2.24) is 0 Å². The van der Waals surface area contributed by atoms with Crippen LogP contribution >= 0.6 is 7.82 Å². The van der Waals surface area contributed by atoms with Crippen LogP contribution in [0.25, 0.3) is 0 Å². The fourth-order valence-electron chi connectivity index (χ4n) is 1.24. The van der Waals surface area contributed by atoms with Crippen molar-refractivity contribution in [3.05, 3.63) is 29.8 Å². The van der Waals surface area contributed by atoms with E-state index in [1.165, 1.54) is 24.3 Å². The van der Waals surface area contributed by atoms with Crippen molar-refractivity contribution in [2.75, 3.05) is 34.3 Å². The fourth-order valence-corrected chi connectivity index (χ4v) is 1.98. The van der Waals surface area contributed by atoms with Gasteiger partial charge >= 0.3 is 13.8 Å². The molecule has 0 aliphatic carbocycles. The minimum atomic E-state index is -4.45. The van der Waals surface area contributed by atoms with Gasteiger partial charge in [0, 0.05) is 0 Å². The molecule has 0 radical (unpaired) electrons. The molecule has 0 saturated carbocycles. The third-order valence-corrected chi connectivity index (χ3v) is 3.26. The van der Waals surface area contributed by atoms with Crippen LogP contribution in [0.2, 0.25) is 0 Å². The highest BCUT2D eigenvalue weighted by Gasteiger charge is 2.15. The number of carboxylic acid groups (broad SMARTS) is 1. The van der Waals surface area contributed by atoms with Crippen molar-refractivity contribution in [3.63, 3.8) is 0 Å². The Morgan fingerprint density at radius 2 is 1.85 bits per heavy atom. The average Bonchev–Trinajstić information content (AvgIpc) is 2.26. The van der Waals surface area contributed by atoms with Crippen LogP contribution in [0.3, 0.4) is 0 Å². The van der Waals surface area contributed by atoms with E-state index in [0.29, 0.717) is 11.0 Å². The Balaban J connectivity index is 2.57. The second-order valence-corrected chi connectivity index (χ2v) is 6.55. The first-order chi connectivity index (χ1) is 9.09. The zero-order valence-electron chi connectivity index (χ0n) is 11.6. The maximum Gasteiger partial charge on any atom is 0.335 e. The average molecular weight is 303 g/mol. The number of likely N-dealkylation sites (N-methyl/N-ethyl adjacent to an activating group) is 1. The van der Waals surface area contributed by atoms with Crippen LogP contribution in [0.15, 0.2) is 24.3 Å². The molecule has 0 bridgehead atoms. The van der Waals surface area contributed by atoms with Gasteiger partial charge in [0.15, 0.2) is 0 Å². The molecule has 0 aliphatic rings. The van der Waals surface area contributed by atoms with Gasteiger partial charge in [-0.2, -0.15) is 0 Å². The van der Waals surface area contributed by atoms with Crippen LogP contribution in [-0.4, -0.2) is 49.9 Å². The molecular weight excluding hydrogens is 285 g/mol. The van der Waals surface area contributed by atoms with Crippen molar-refractivity contribution in [2.45, 2.75) is 0 Å². The molecule has 1 unspecified atom stereocenters. The number of phosphoric ester groups is 1. The van der Waals surface area contributed by atoms with Crippen molar-refractivity contribution in [1.29, 1.82) is 0 Å². The van der Waals surface area contributed by atoms with E-state index in [2.05, 4.69) is 0 Å². The van der Waals surface area contributed by atoms with Crippen molar-refractivity contribution in [2.24, 2.45) is 0 Å². The lowest BCUT2D eigenvalue weighted by molar-refractivity contribution is -0.870. The smallest absolute Gasteiger partial charge is 0.335 e. The summed E-state index contributed by atoms with van der Waals surface area (Å²) < 4.78 is 21.6. The summed E-state index contributed by atoms with van der Waals surface area (Å²) in [6, 6.07) is 5.03. The Morgan fingerprint density at radius 3 is 2.30 bits per heavy atom. The Kier molecular flexibility index (Phi) is 5.30. The van der Waals surface area contributed by atoms with E-state index in [-0.39, 0.29) is 17.9 Å². The molecule has 8 heteroatoms. The number of carboxylic acids is 1. The summed E-state index contributed by atoms with van der Waals surface area (Å²) in [4.78, 5) is 22.2. The maximum atomic E-state index is 11.6. The number of rotatable bonds is 7. The van der Waals surface area contributed by atoms with Gasteiger partial charge in [0.25, 0.3) is 0 Å². The molecule has 112 valence electrons. The first-order valence-corrected chi connectivity index (χ1v) is 7.34. The Morgan fingerprint density at radius 1 is 1.30 bits per heavy atom. The van der Waals surface area contributed by atoms with E-state index in [4.69, 9.17) is 14.2 Å². The number of quaternary nitrogens is 1. The molecule has 1 rings (SSSR count). The second kappa shape index (κ2) is 6.37. The lowest BCUT2D eigenvalue weighted by Crippen LogP contribution is -2.37. The van der Waals surface area contributed by atoms with E-state index >= 15 is 0 Å². The quantitative estimate of drug-likeness (QED) is 0.595. The minimum Gasteiger partial charge on any atom is -0.746 e. The highest BCUT2D eigenvalue weighted by molar-refractivity contribution is 7.46. The normalized spacial score (nSPS) is 14.6. The summed E-state index contributed by atoms with van der Waals surface area (Å²) >= 11 is 0. The maximum absolute atomic E-state index is 11.6. The lowest BCUT2D eigenvalue weighted by Gasteiger charge is -2.27. The first-order valence-electron chi connectivity index (χ1n) is 5.88. The number of hydrogen-bond donors (Lipinski definition) is 1. The minimum absolute atomic E-state index is 0.0114. The summed E-state index contributed by atoms with van der Waals surface area (Å²) in [5.41, 5.74) is 0.0454. The Labute approximate surface area is 117 Å². The number of hydrogen-bond acceptors (Lipinski definition) is 5. The molecule has 0 fully saturated rings. The van der Waals surface area contributed by atoms with Gasteiger partial charge in [-0.25, -0.2) is 4.79 Å². The Bertz CT molecular complexity index is 508. The largest absolute Gasteiger partial charge is 0.746 e. The second-order valence-electron chi connectivity index (χ2n) is 5.22. The molecule has 0 spiro atoms. The number of phosphoric acid groups is 1. The molecule has 1 aromatic carbocycles. The molecule has 0 amide bonds. The van der Waals surface area contributed by atoms with E-state index in [1.54, 1.807) is 0 Å². The third-order valence-electron chi connectivity index (χ3n) is 2.33. The molecule has 0 heterocycles. The van der Waals surface area contributed by atoms with Crippen LogP contribution in [0.5, 0.6) is 5.75 Å². The van der Waals surface area contributed by atoms with Crippen LogP contribution < -0.4 is 9.42 Å². The SMILES string of the molecule is C[N+](C)(C)CCOP(=O)([O-])Oc1ccc(C(=O)O)cc1. The van der Waals surface area contributed by atoms with Crippen LogP contribution in [0.1, 0.15) is 10.4 Å². The predicted octanol–water partition coefficient (Wildman–Crippen LogP) is 0.955. The van der Waals surface area contributed by atoms with Crippen LogP contribution in [0.4, 0.5) is 0 Å². The highest BCUT2D eigenvalue weighted by atomic mass is 31.2. The monoisotopic (exact) mass is 303 g/mol. The van der Waals surface area contributed by atoms with E-state index in [1.807, 2.05) is 21.1 Å². The molecule has 0 saturated heterocycles. The molecular formula is C12H18NO6P. The van der Waals surface area contributed by atoms with Gasteiger partial charge in [0.05, 0.1) is 26.7 Å². The fraction of sp³-hybridized carbons (Fsp3) is 0.417. The van der Waals surface area contributed by atoms with E-state index < -0.39 is 13.8 Å². The van der Waals surface area contributed by atoms with Gasteiger partial charge in [-0.15, -0.1) is 0 Å². The predicted molar refractivity (Wildman–Crippen MR) is 70.5 cm³/mol. The van der Waals surface area contributed by atoms with Gasteiger partial charge in [0.2, 0.25) is 0 Å². The van der Waals surface area contributed by atoms with E-state index in [9.17, 15) is 14.3 Å². The summed E-state index contributed by atoms with van der Waals surface area (Å²) in [6.07, 6.45) is 0. The third kappa shape index (κ3) is 6.16. The van der Waals surface area contributed by atoms with Gasteiger partial charge in [-0.1, -0.05) is 0 Å². The molecule has 20 heavy (non-hydrogen) atoms. The zero-order chi connectivity index (χ0) is 15.4. The van der Waals surface area contributed by atoms with Gasteiger partial charge < -0.3 is 23.5 Å². The van der Waals surface area contributed by atoms with Gasteiger partial charge in [0.1, 0.15) is 18.9 Å². The topological polar surface area (TPSA) is 95.9 Å². The van der Waals surface area contributed by atoms with Gasteiger partial charge in [-0.05, 0) is 24.3 Å². The standard InChI is InChI=1S/C12H18NO6P/c1-13(2,3)8-9-18-20(16,17)19-11-6-4-10(5-7-11)12(14)15/h4-7H,8-9H2,1-3H3,(H-,14,15,16,17). The zero-order valence-corrected chi connectivity index (χ0v) is 12.5. The molecule has 1 atom stereocenters. The van der Waals surface area contributed by atoms with Crippen molar-refractivity contribution in [3.8, 4) is 5.75 Å². The van der Waals surface area contributed by atoms with Gasteiger partial charge in [-0.3, -0.25) is 4.57 Å². The molecule has 1 aromatic rings. The number of aromatic carboxylic acids is 1. The summed E-state index contributed by atoms with van der Waals surface area (Å²) in [7, 11) is 1.28. The lowest BCUT2D eigenvalue weighted by atomic mass is 10.2. The molecule has 0 aliphatic heterocycles. The van der Waals surface area contributed by atoms with Crippen molar-refractivity contribution < 1.29 is 32.9 Å². The summed E-state index contributed by atoms with van der Waals surface area (Å²) in [5, 5.41) is 8.72. The number of carbonyl (C=O) groups is 1. The summed E-state index contributed by atoms with van der Waals surface area (Å²) in [6.45, 7) is 0.519. The Hall–Kier alpha value is -1.40. The first kappa shape index (κ1) is 16.7.